The Morgan fingerprint density at radius 2 is 1.92 bits per heavy atom. The molecule has 0 aliphatic carbocycles. The molecule has 0 aromatic heterocycles. The molecule has 1 aliphatic heterocycles. The van der Waals surface area contributed by atoms with Gasteiger partial charge in [-0.15, -0.1) is 0 Å². The maximum Gasteiger partial charge on any atom is 0.325 e. The lowest BCUT2D eigenvalue weighted by molar-refractivity contribution is -0.131. The number of nitrogens with zero attached hydrogens (tertiary/aromatic N) is 1. The smallest absolute Gasteiger partial charge is 0.325 e. The third-order valence-corrected chi connectivity index (χ3v) is 3.99. The van der Waals surface area contributed by atoms with Crippen molar-refractivity contribution < 1.29 is 23.9 Å². The standard InChI is InChI=1S/C18H25N3O5/c1-11(2)9-19-16(22)8-13-17(23)21(18(24)20-13)10-12-5-6-14(25-3)15(7-12)26-4/h5-7,11,13H,8-10H2,1-4H3,(H,19,22)(H,20,24). The van der Waals surface area contributed by atoms with Gasteiger partial charge in [0.05, 0.1) is 27.2 Å². The minimum atomic E-state index is -0.838. The van der Waals surface area contributed by atoms with Crippen molar-refractivity contribution in [3.63, 3.8) is 0 Å². The number of carbonyl (C=O) groups excluding carboxylic acids is 3. The van der Waals surface area contributed by atoms with Crippen LogP contribution in [0.15, 0.2) is 18.2 Å². The number of ether oxygens (including phenoxy) is 2. The van der Waals surface area contributed by atoms with Crippen LogP contribution >= 0.6 is 0 Å². The number of rotatable bonds is 8. The molecule has 1 atom stereocenters. The van der Waals surface area contributed by atoms with Crippen LogP contribution in [0.25, 0.3) is 0 Å². The van der Waals surface area contributed by atoms with Crippen LogP contribution in [0.4, 0.5) is 4.79 Å². The Hall–Kier alpha value is -2.77. The van der Waals surface area contributed by atoms with Crippen LogP contribution < -0.4 is 20.1 Å². The lowest BCUT2D eigenvalue weighted by Crippen LogP contribution is -2.37. The summed E-state index contributed by atoms with van der Waals surface area (Å²) in [6, 6.07) is 3.83. The molecule has 26 heavy (non-hydrogen) atoms. The fourth-order valence-electron chi connectivity index (χ4n) is 2.60. The summed E-state index contributed by atoms with van der Waals surface area (Å²) in [5.74, 6) is 0.721. The lowest BCUT2D eigenvalue weighted by atomic mass is 10.1. The summed E-state index contributed by atoms with van der Waals surface area (Å²) in [6.07, 6.45) is -0.0697. The van der Waals surface area contributed by atoms with Gasteiger partial charge in [0.15, 0.2) is 11.5 Å². The minimum absolute atomic E-state index is 0.0697. The van der Waals surface area contributed by atoms with E-state index in [1.165, 1.54) is 14.2 Å². The van der Waals surface area contributed by atoms with Gasteiger partial charge in [-0.2, -0.15) is 0 Å². The van der Waals surface area contributed by atoms with Crippen molar-refractivity contribution in [1.82, 2.24) is 15.5 Å². The molecule has 1 fully saturated rings. The van der Waals surface area contributed by atoms with Crippen LogP contribution in [0.3, 0.4) is 0 Å². The van der Waals surface area contributed by atoms with Crippen molar-refractivity contribution in [3.05, 3.63) is 23.8 Å². The monoisotopic (exact) mass is 363 g/mol. The number of amides is 4. The van der Waals surface area contributed by atoms with Crippen LogP contribution in [-0.4, -0.2) is 49.6 Å². The first-order valence-electron chi connectivity index (χ1n) is 8.45. The molecule has 1 unspecified atom stereocenters. The average Bonchev–Trinajstić information content (AvgIpc) is 2.87. The van der Waals surface area contributed by atoms with Gasteiger partial charge in [0.25, 0.3) is 5.91 Å². The summed E-state index contributed by atoms with van der Waals surface area (Å²) in [5.41, 5.74) is 0.719. The Morgan fingerprint density at radius 1 is 1.23 bits per heavy atom. The zero-order valence-corrected chi connectivity index (χ0v) is 15.5. The second-order valence-corrected chi connectivity index (χ2v) is 6.52. The molecule has 8 heteroatoms. The predicted molar refractivity (Wildman–Crippen MR) is 94.9 cm³/mol. The number of imide groups is 1. The molecule has 2 rings (SSSR count). The number of hydrogen-bond donors (Lipinski definition) is 2. The highest BCUT2D eigenvalue weighted by Crippen LogP contribution is 2.28. The predicted octanol–water partition coefficient (Wildman–Crippen LogP) is 1.29. The van der Waals surface area contributed by atoms with Crippen LogP contribution in [-0.2, 0) is 16.1 Å². The molecule has 1 aromatic rings. The quantitative estimate of drug-likeness (QED) is 0.679. The van der Waals surface area contributed by atoms with Crippen molar-refractivity contribution in [1.29, 1.82) is 0 Å². The van der Waals surface area contributed by atoms with Gasteiger partial charge in [-0.25, -0.2) is 4.79 Å². The van der Waals surface area contributed by atoms with Gasteiger partial charge in [-0.05, 0) is 23.6 Å². The Morgan fingerprint density at radius 3 is 2.54 bits per heavy atom. The van der Waals surface area contributed by atoms with Gasteiger partial charge in [-0.1, -0.05) is 19.9 Å². The molecule has 1 aliphatic rings. The van der Waals surface area contributed by atoms with Crippen molar-refractivity contribution in [2.75, 3.05) is 20.8 Å². The summed E-state index contributed by atoms with van der Waals surface area (Å²) >= 11 is 0. The van der Waals surface area contributed by atoms with Crippen LogP contribution in [0.1, 0.15) is 25.8 Å². The molecule has 0 saturated carbocycles. The maximum atomic E-state index is 12.5. The molecule has 1 heterocycles. The van der Waals surface area contributed by atoms with Crippen molar-refractivity contribution >= 4 is 17.8 Å². The first kappa shape index (κ1) is 19.6. The first-order chi connectivity index (χ1) is 12.3. The lowest BCUT2D eigenvalue weighted by Gasteiger charge is -2.15. The highest BCUT2D eigenvalue weighted by Gasteiger charge is 2.39. The highest BCUT2D eigenvalue weighted by atomic mass is 16.5. The molecule has 1 saturated heterocycles. The largest absolute Gasteiger partial charge is 0.493 e. The zero-order valence-electron chi connectivity index (χ0n) is 15.5. The Labute approximate surface area is 152 Å². The van der Waals surface area contributed by atoms with Crippen LogP contribution in [0.2, 0.25) is 0 Å². The van der Waals surface area contributed by atoms with Gasteiger partial charge in [0.1, 0.15) is 6.04 Å². The van der Waals surface area contributed by atoms with E-state index in [1.54, 1.807) is 18.2 Å². The molecule has 1 aromatic carbocycles. The number of carbonyl (C=O) groups is 3. The van der Waals surface area contributed by atoms with E-state index in [-0.39, 0.29) is 18.9 Å². The van der Waals surface area contributed by atoms with E-state index in [0.29, 0.717) is 24.0 Å². The first-order valence-corrected chi connectivity index (χ1v) is 8.45. The van der Waals surface area contributed by atoms with E-state index in [4.69, 9.17) is 9.47 Å². The molecule has 0 radical (unpaired) electrons. The molecule has 4 amide bonds. The molecule has 0 spiro atoms. The molecule has 8 nitrogen and oxygen atoms in total. The van der Waals surface area contributed by atoms with Crippen molar-refractivity contribution in [3.8, 4) is 11.5 Å². The number of methoxy groups -OCH3 is 2. The normalized spacial score (nSPS) is 16.7. The number of benzene rings is 1. The van der Waals surface area contributed by atoms with Gasteiger partial charge in [0, 0.05) is 6.54 Å². The molecule has 0 bridgehead atoms. The van der Waals surface area contributed by atoms with E-state index in [1.807, 2.05) is 13.8 Å². The summed E-state index contributed by atoms with van der Waals surface area (Å²) in [7, 11) is 3.05. The second-order valence-electron chi connectivity index (χ2n) is 6.52. The summed E-state index contributed by atoms with van der Waals surface area (Å²) in [4.78, 5) is 37.6. The van der Waals surface area contributed by atoms with E-state index < -0.39 is 18.0 Å². The Balaban J connectivity index is 2.01. The topological polar surface area (TPSA) is 97.0 Å². The van der Waals surface area contributed by atoms with E-state index in [9.17, 15) is 14.4 Å². The molecular weight excluding hydrogens is 338 g/mol. The number of urea groups is 1. The van der Waals surface area contributed by atoms with E-state index >= 15 is 0 Å². The van der Waals surface area contributed by atoms with Crippen molar-refractivity contribution in [2.24, 2.45) is 5.92 Å². The maximum absolute atomic E-state index is 12.5. The van der Waals surface area contributed by atoms with Gasteiger partial charge >= 0.3 is 6.03 Å². The van der Waals surface area contributed by atoms with Crippen molar-refractivity contribution in [2.45, 2.75) is 32.9 Å². The van der Waals surface area contributed by atoms with E-state index in [0.717, 1.165) is 10.5 Å². The summed E-state index contributed by atoms with van der Waals surface area (Å²) < 4.78 is 10.4. The Kier molecular flexibility index (Phi) is 6.43. The fourth-order valence-corrected chi connectivity index (χ4v) is 2.60. The van der Waals surface area contributed by atoms with E-state index in [2.05, 4.69) is 10.6 Å². The SMILES string of the molecule is COc1ccc(CN2C(=O)NC(CC(=O)NCC(C)C)C2=O)cc1OC. The van der Waals surface area contributed by atoms with Gasteiger partial charge < -0.3 is 20.1 Å². The number of nitrogens with one attached hydrogen (secondary N) is 2. The molecule has 142 valence electrons. The average molecular weight is 363 g/mol. The molecule has 2 N–H and O–H groups in total. The highest BCUT2D eigenvalue weighted by molar-refractivity contribution is 6.05. The zero-order chi connectivity index (χ0) is 19.3. The third kappa shape index (κ3) is 4.65. The van der Waals surface area contributed by atoms with Crippen LogP contribution in [0.5, 0.6) is 11.5 Å². The second kappa shape index (κ2) is 8.55. The van der Waals surface area contributed by atoms with Crippen LogP contribution in [0, 0.1) is 5.92 Å². The number of hydrogen-bond acceptors (Lipinski definition) is 5. The Bertz CT molecular complexity index is 689. The van der Waals surface area contributed by atoms with Gasteiger partial charge in [-0.3, -0.25) is 14.5 Å². The third-order valence-electron chi connectivity index (χ3n) is 3.99. The minimum Gasteiger partial charge on any atom is -0.493 e. The summed E-state index contributed by atoms with van der Waals surface area (Å²) in [5, 5.41) is 5.31. The molecular formula is C18H25N3O5. The summed E-state index contributed by atoms with van der Waals surface area (Å²) in [6.45, 7) is 4.58. The fraction of sp³-hybridized carbons (Fsp3) is 0.500. The van der Waals surface area contributed by atoms with Gasteiger partial charge in [0.2, 0.25) is 5.91 Å².